The second kappa shape index (κ2) is 12.7. The molecule has 0 unspecified atom stereocenters. The van der Waals surface area contributed by atoms with Crippen molar-refractivity contribution in [1.82, 2.24) is 14.7 Å². The Morgan fingerprint density at radius 2 is 1.66 bits per heavy atom. The number of nitrogens with zero attached hydrogens (tertiary/aromatic N) is 3. The Kier molecular flexibility index (Phi) is 9.63. The predicted molar refractivity (Wildman–Crippen MR) is 135 cm³/mol. The Bertz CT molecular complexity index is 986. The van der Waals surface area contributed by atoms with Crippen molar-refractivity contribution in [2.24, 2.45) is 11.8 Å². The van der Waals surface area contributed by atoms with Gasteiger partial charge in [-0.1, -0.05) is 42.5 Å². The van der Waals surface area contributed by atoms with Gasteiger partial charge in [-0.2, -0.15) is 0 Å². The normalized spacial score (nSPS) is 25.6. The number of fused-ring (bicyclic) bond motifs is 5. The SMILES string of the molecule is CN(C)C[C@H]1[C@H]2C[C@H](CN(Cc3cccc4ccccc34)C2)[C@@H]2CCCC(=O)N21.O=CO.O=CO. The Morgan fingerprint density at radius 1 is 1.00 bits per heavy atom. The molecule has 5 rings (SSSR count). The average molecular weight is 484 g/mol. The number of rotatable bonds is 4. The van der Waals surface area contributed by atoms with Gasteiger partial charge < -0.3 is 20.0 Å². The summed E-state index contributed by atoms with van der Waals surface area (Å²) in [6, 6.07) is 16.3. The molecule has 3 heterocycles. The molecule has 1 amide bonds. The van der Waals surface area contributed by atoms with Crippen molar-refractivity contribution < 1.29 is 24.6 Å². The molecule has 3 saturated heterocycles. The number of carbonyl (C=O) groups excluding carboxylic acids is 1. The standard InChI is InChI=1S/C25H33N3O.2CH2O2/c1-26(2)17-24-21-13-20(23-11-6-12-25(29)28(23)24)15-27(16-21)14-19-9-5-8-18-7-3-4-10-22(18)19;2*2-1-3/h3-5,7-10,20-21,23-24H,6,11-17H2,1-2H3;2*1H,(H,2,3)/t20-,21+,23+,24+;;/m1../s1. The van der Waals surface area contributed by atoms with E-state index in [1.54, 1.807) is 0 Å². The Balaban J connectivity index is 0.000000520. The molecule has 3 aliphatic rings. The number of likely N-dealkylation sites (N-methyl/N-ethyl adjacent to an activating group) is 1. The topological polar surface area (TPSA) is 101 Å². The van der Waals surface area contributed by atoms with Crippen LogP contribution in [0.5, 0.6) is 0 Å². The number of carboxylic acid groups (broad SMARTS) is 2. The number of benzene rings is 2. The van der Waals surface area contributed by atoms with Gasteiger partial charge in [0.25, 0.3) is 12.9 Å². The molecule has 0 aliphatic carbocycles. The lowest BCUT2D eigenvalue weighted by Gasteiger charge is -2.57. The molecular formula is C27H37N3O5. The lowest BCUT2D eigenvalue weighted by molar-refractivity contribution is -0.153. The summed E-state index contributed by atoms with van der Waals surface area (Å²) in [6.45, 7) is 3.74. The van der Waals surface area contributed by atoms with Crippen LogP contribution in [-0.4, -0.2) is 89.6 Å². The summed E-state index contributed by atoms with van der Waals surface area (Å²) in [4.78, 5) is 36.9. The number of likely N-dealkylation sites (tertiary alicyclic amines) is 1. The quantitative estimate of drug-likeness (QED) is 0.645. The second-order valence-electron chi connectivity index (χ2n) is 9.89. The van der Waals surface area contributed by atoms with Gasteiger partial charge in [0, 0.05) is 44.7 Å². The summed E-state index contributed by atoms with van der Waals surface area (Å²) in [5.41, 5.74) is 1.43. The molecule has 3 fully saturated rings. The monoisotopic (exact) mass is 483 g/mol. The van der Waals surface area contributed by atoms with E-state index >= 15 is 0 Å². The van der Waals surface area contributed by atoms with Crippen LogP contribution in [0.2, 0.25) is 0 Å². The molecule has 2 bridgehead atoms. The maximum Gasteiger partial charge on any atom is 0.290 e. The fourth-order valence-corrected chi connectivity index (χ4v) is 6.28. The van der Waals surface area contributed by atoms with Gasteiger partial charge in [0.05, 0.1) is 0 Å². The molecule has 2 N–H and O–H groups in total. The molecule has 4 atom stereocenters. The van der Waals surface area contributed by atoms with Crippen LogP contribution in [0.1, 0.15) is 31.2 Å². The number of piperidine rings is 3. The molecule has 8 nitrogen and oxygen atoms in total. The minimum Gasteiger partial charge on any atom is -0.483 e. The first-order chi connectivity index (χ1) is 16.9. The Hall–Kier alpha value is -2.97. The number of hydrogen-bond donors (Lipinski definition) is 2. The van der Waals surface area contributed by atoms with Gasteiger partial charge in [-0.3, -0.25) is 19.3 Å². The molecule has 3 aliphatic heterocycles. The summed E-state index contributed by atoms with van der Waals surface area (Å²) >= 11 is 0. The molecule has 0 radical (unpaired) electrons. The third kappa shape index (κ3) is 6.38. The summed E-state index contributed by atoms with van der Waals surface area (Å²) in [7, 11) is 4.29. The van der Waals surface area contributed by atoms with Crippen LogP contribution in [0, 0.1) is 11.8 Å². The van der Waals surface area contributed by atoms with Crippen molar-refractivity contribution in [2.45, 2.75) is 44.3 Å². The average Bonchev–Trinajstić information content (AvgIpc) is 2.83. The highest BCUT2D eigenvalue weighted by molar-refractivity contribution is 5.85. The number of amides is 1. The van der Waals surface area contributed by atoms with E-state index in [2.05, 4.69) is 71.3 Å². The molecule has 0 spiro atoms. The predicted octanol–water partition coefficient (Wildman–Crippen LogP) is 3.00. The van der Waals surface area contributed by atoms with Crippen molar-refractivity contribution >= 4 is 29.6 Å². The van der Waals surface area contributed by atoms with Crippen LogP contribution < -0.4 is 0 Å². The smallest absolute Gasteiger partial charge is 0.290 e. The fourth-order valence-electron chi connectivity index (χ4n) is 6.28. The van der Waals surface area contributed by atoms with Crippen LogP contribution in [0.3, 0.4) is 0 Å². The van der Waals surface area contributed by atoms with Gasteiger partial charge in [-0.15, -0.1) is 0 Å². The van der Waals surface area contributed by atoms with Crippen molar-refractivity contribution in [3.05, 3.63) is 48.0 Å². The van der Waals surface area contributed by atoms with Crippen LogP contribution in [0.15, 0.2) is 42.5 Å². The highest BCUT2D eigenvalue weighted by Crippen LogP contribution is 2.42. The van der Waals surface area contributed by atoms with Gasteiger partial charge in [0.2, 0.25) is 5.91 Å². The maximum absolute atomic E-state index is 12.9. The molecule has 8 heteroatoms. The zero-order chi connectivity index (χ0) is 25.4. The summed E-state index contributed by atoms with van der Waals surface area (Å²) < 4.78 is 0. The number of hydrogen-bond acceptors (Lipinski definition) is 5. The van der Waals surface area contributed by atoms with E-state index in [1.165, 1.54) is 29.2 Å². The first-order valence-corrected chi connectivity index (χ1v) is 12.2. The minimum atomic E-state index is -0.250. The largest absolute Gasteiger partial charge is 0.483 e. The van der Waals surface area contributed by atoms with Crippen LogP contribution in [0.4, 0.5) is 0 Å². The molecule has 0 aromatic heterocycles. The Labute approximate surface area is 207 Å². The third-order valence-corrected chi connectivity index (χ3v) is 7.40. The molecular weight excluding hydrogens is 446 g/mol. The highest BCUT2D eigenvalue weighted by atomic mass is 16.3. The summed E-state index contributed by atoms with van der Waals surface area (Å²) in [5.74, 6) is 1.63. The zero-order valence-electron chi connectivity index (χ0n) is 20.6. The van der Waals surface area contributed by atoms with E-state index in [0.717, 1.165) is 39.0 Å². The van der Waals surface area contributed by atoms with Crippen molar-refractivity contribution in [3.63, 3.8) is 0 Å². The molecule has 35 heavy (non-hydrogen) atoms. The van der Waals surface area contributed by atoms with Gasteiger partial charge in [-0.25, -0.2) is 0 Å². The van der Waals surface area contributed by atoms with Crippen LogP contribution in [-0.2, 0) is 20.9 Å². The zero-order valence-corrected chi connectivity index (χ0v) is 20.6. The highest BCUT2D eigenvalue weighted by Gasteiger charge is 2.49. The van der Waals surface area contributed by atoms with Gasteiger partial charge >= 0.3 is 0 Å². The Morgan fingerprint density at radius 3 is 2.37 bits per heavy atom. The van der Waals surface area contributed by atoms with Gasteiger partial charge in [-0.05, 0) is 61.5 Å². The second-order valence-corrected chi connectivity index (χ2v) is 9.89. The van der Waals surface area contributed by atoms with E-state index in [0.29, 0.717) is 29.8 Å². The van der Waals surface area contributed by atoms with E-state index in [1.807, 2.05) is 0 Å². The van der Waals surface area contributed by atoms with E-state index in [-0.39, 0.29) is 12.9 Å². The van der Waals surface area contributed by atoms with Crippen molar-refractivity contribution in [1.29, 1.82) is 0 Å². The van der Waals surface area contributed by atoms with Gasteiger partial charge in [0.15, 0.2) is 0 Å². The molecule has 190 valence electrons. The first-order valence-electron chi connectivity index (χ1n) is 12.2. The number of carbonyl (C=O) groups is 3. The maximum atomic E-state index is 12.9. The van der Waals surface area contributed by atoms with Crippen LogP contribution in [0.25, 0.3) is 10.8 Å². The van der Waals surface area contributed by atoms with Crippen molar-refractivity contribution in [2.75, 3.05) is 33.7 Å². The molecule has 0 saturated carbocycles. The molecule has 2 aromatic rings. The first kappa shape index (κ1) is 26.6. The fraction of sp³-hybridized carbons (Fsp3) is 0.519. The van der Waals surface area contributed by atoms with Crippen LogP contribution >= 0.6 is 0 Å². The summed E-state index contributed by atoms with van der Waals surface area (Å²) in [6.07, 6.45) is 4.30. The van der Waals surface area contributed by atoms with E-state index in [4.69, 9.17) is 19.8 Å². The third-order valence-electron chi connectivity index (χ3n) is 7.40. The lowest BCUT2D eigenvalue weighted by Crippen LogP contribution is -2.66. The summed E-state index contributed by atoms with van der Waals surface area (Å²) in [5, 5.41) is 16.5. The van der Waals surface area contributed by atoms with E-state index in [9.17, 15) is 4.79 Å². The minimum absolute atomic E-state index is 0.250. The molecule has 2 aromatic carbocycles. The lowest BCUT2D eigenvalue weighted by atomic mass is 9.72. The van der Waals surface area contributed by atoms with Gasteiger partial charge in [0.1, 0.15) is 0 Å². The van der Waals surface area contributed by atoms with Crippen molar-refractivity contribution in [3.8, 4) is 0 Å². The van der Waals surface area contributed by atoms with E-state index < -0.39 is 0 Å².